The van der Waals surface area contributed by atoms with Crippen molar-refractivity contribution in [3.63, 3.8) is 0 Å². The van der Waals surface area contributed by atoms with Gasteiger partial charge in [-0.25, -0.2) is 13.8 Å². The maximum Gasteiger partial charge on any atom is 0.291 e. The third-order valence-electron chi connectivity index (χ3n) is 11.8. The number of nitrogens with zero attached hydrogens (tertiary/aromatic N) is 8. The van der Waals surface area contributed by atoms with E-state index in [0.717, 1.165) is 61.5 Å². The number of amides is 2. The Morgan fingerprint density at radius 2 is 1.64 bits per heavy atom. The largest absolute Gasteiger partial charge is 0.383 e. The van der Waals surface area contributed by atoms with Crippen molar-refractivity contribution in [3.8, 4) is 22.4 Å². The Labute approximate surface area is 332 Å². The van der Waals surface area contributed by atoms with Crippen molar-refractivity contribution in [3.05, 3.63) is 76.5 Å². The van der Waals surface area contributed by atoms with E-state index in [0.29, 0.717) is 60.7 Å². The van der Waals surface area contributed by atoms with Crippen LogP contribution in [0.15, 0.2) is 42.7 Å². The first kappa shape index (κ1) is 40.0. The van der Waals surface area contributed by atoms with Crippen LogP contribution in [0, 0.1) is 30.4 Å². The summed E-state index contributed by atoms with van der Waals surface area (Å²) in [5.74, 6) is -1.35. The van der Waals surface area contributed by atoms with E-state index in [4.69, 9.17) is 16.3 Å². The molecular formula is C41H53ClF2N9O3+. The molecule has 3 aliphatic rings. The highest BCUT2D eigenvalue weighted by atomic mass is 35.5. The molecule has 2 aromatic carbocycles. The van der Waals surface area contributed by atoms with E-state index in [1.54, 1.807) is 37.9 Å². The molecule has 0 aliphatic carbocycles. The van der Waals surface area contributed by atoms with Gasteiger partial charge < -0.3 is 28.9 Å². The standard InChI is InChI=1S/C41H52ClF2N9O3/c1-27-34(21-46-52(27)18-19-56-5)32-8-9-33(38(44)37(32)43)36-22-45-39(48(36)2)40(54)47-31-7-6-30(35(42)20-31)24-50-14-16-51(17-15-50)41(55)29-10-12-49(13-11-29)23-28-25-53(3,4)26-28/h6-9,20-22,28-29H,10-19,23-26H2,1-5H3/p+1. The molecule has 1 N–H and O–H groups in total. The average Bonchev–Trinajstić information content (AvgIpc) is 3.73. The molecule has 3 aliphatic heterocycles. The van der Waals surface area contributed by atoms with Crippen molar-refractivity contribution in [1.29, 1.82) is 0 Å². The molecule has 3 fully saturated rings. The molecule has 0 atom stereocenters. The number of piperazine rings is 1. The van der Waals surface area contributed by atoms with E-state index in [9.17, 15) is 9.59 Å². The van der Waals surface area contributed by atoms with Gasteiger partial charge in [0.05, 0.1) is 64.3 Å². The molecule has 3 saturated heterocycles. The highest BCUT2D eigenvalue weighted by molar-refractivity contribution is 6.31. The van der Waals surface area contributed by atoms with Crippen LogP contribution >= 0.6 is 11.6 Å². The number of ether oxygens (including phenoxy) is 1. The topological polar surface area (TPSA) is 101 Å². The zero-order valence-electron chi connectivity index (χ0n) is 33.0. The van der Waals surface area contributed by atoms with Crippen LogP contribution in [0.2, 0.25) is 5.02 Å². The zero-order valence-corrected chi connectivity index (χ0v) is 33.8. The maximum atomic E-state index is 15.6. The highest BCUT2D eigenvalue weighted by Gasteiger charge is 2.39. The first-order valence-corrected chi connectivity index (χ1v) is 19.9. The third-order valence-corrected chi connectivity index (χ3v) is 12.1. The molecule has 0 radical (unpaired) electrons. The predicted molar refractivity (Wildman–Crippen MR) is 212 cm³/mol. The zero-order chi connectivity index (χ0) is 39.7. The average molecular weight is 793 g/mol. The number of piperidine rings is 1. The number of benzene rings is 2. The lowest BCUT2D eigenvalue weighted by molar-refractivity contribution is -0.938. The molecule has 12 nitrogen and oxygen atoms in total. The van der Waals surface area contributed by atoms with Gasteiger partial charge in [-0.3, -0.25) is 19.2 Å². The second-order valence-corrected chi connectivity index (χ2v) is 16.7. The smallest absolute Gasteiger partial charge is 0.291 e. The van der Waals surface area contributed by atoms with Crippen molar-refractivity contribution in [2.45, 2.75) is 32.9 Å². The van der Waals surface area contributed by atoms with E-state index >= 15 is 8.78 Å². The lowest BCUT2D eigenvalue weighted by atomic mass is 9.92. The van der Waals surface area contributed by atoms with Crippen LogP contribution in [0.3, 0.4) is 0 Å². The fourth-order valence-corrected chi connectivity index (χ4v) is 8.93. The first-order valence-electron chi connectivity index (χ1n) is 19.5. The summed E-state index contributed by atoms with van der Waals surface area (Å²) in [4.78, 5) is 37.8. The number of nitrogens with one attached hydrogen (secondary N) is 1. The van der Waals surface area contributed by atoms with Gasteiger partial charge in [0.1, 0.15) is 0 Å². The van der Waals surface area contributed by atoms with Crippen molar-refractivity contribution in [2.75, 3.05) is 92.0 Å². The van der Waals surface area contributed by atoms with Crippen molar-refractivity contribution < 1.29 is 27.6 Å². The van der Waals surface area contributed by atoms with Gasteiger partial charge in [0.25, 0.3) is 5.91 Å². The first-order chi connectivity index (χ1) is 26.8. The molecule has 7 rings (SSSR count). The second-order valence-electron chi connectivity index (χ2n) is 16.3. The minimum atomic E-state index is -1.05. The van der Waals surface area contributed by atoms with E-state index < -0.39 is 17.5 Å². The Morgan fingerprint density at radius 1 is 0.946 bits per heavy atom. The molecule has 0 bridgehead atoms. The molecule has 300 valence electrons. The fraction of sp³-hybridized carbons (Fsp3) is 0.512. The van der Waals surface area contributed by atoms with Crippen LogP contribution in [-0.2, 0) is 29.7 Å². The number of hydrogen-bond donors (Lipinski definition) is 1. The van der Waals surface area contributed by atoms with Crippen molar-refractivity contribution >= 4 is 29.1 Å². The number of imidazole rings is 1. The molecule has 2 aromatic heterocycles. The number of carbonyl (C=O) groups excluding carboxylic acids is 2. The van der Waals surface area contributed by atoms with Gasteiger partial charge in [0.2, 0.25) is 5.91 Å². The Hall–Kier alpha value is -4.21. The number of anilines is 1. The molecule has 4 aromatic rings. The minimum Gasteiger partial charge on any atom is -0.383 e. The van der Waals surface area contributed by atoms with Crippen LogP contribution < -0.4 is 5.32 Å². The maximum absolute atomic E-state index is 15.6. The number of aromatic nitrogens is 4. The minimum absolute atomic E-state index is 0.0223. The van der Waals surface area contributed by atoms with Gasteiger partial charge in [0, 0.05) is 92.4 Å². The van der Waals surface area contributed by atoms with Crippen LogP contribution in [0.1, 0.15) is 34.7 Å². The molecule has 0 spiro atoms. The summed E-state index contributed by atoms with van der Waals surface area (Å²) in [6.07, 6.45) is 4.75. The summed E-state index contributed by atoms with van der Waals surface area (Å²) >= 11 is 6.71. The van der Waals surface area contributed by atoms with E-state index in [2.05, 4.69) is 39.3 Å². The molecule has 15 heteroatoms. The SMILES string of the molecule is COCCn1ncc(-c2ccc(-c3cnc(C(=O)Nc4ccc(CN5CCN(C(=O)C6CCN(CC7C[N+](C)(C)C7)CC6)CC5)c(Cl)c4)n3C)c(F)c2F)c1C. The van der Waals surface area contributed by atoms with Gasteiger partial charge in [-0.1, -0.05) is 23.7 Å². The van der Waals surface area contributed by atoms with Gasteiger partial charge in [0.15, 0.2) is 17.5 Å². The van der Waals surface area contributed by atoms with E-state index in [1.165, 1.54) is 42.2 Å². The lowest BCUT2D eigenvalue weighted by Crippen LogP contribution is -2.61. The summed E-state index contributed by atoms with van der Waals surface area (Å²) in [5.41, 5.74) is 2.89. The van der Waals surface area contributed by atoms with Crippen LogP contribution in [0.4, 0.5) is 14.5 Å². The summed E-state index contributed by atoms with van der Waals surface area (Å²) < 4.78 is 40.4. The number of halogens is 3. The summed E-state index contributed by atoms with van der Waals surface area (Å²) in [5, 5.41) is 7.63. The molecule has 0 unspecified atom stereocenters. The monoisotopic (exact) mass is 792 g/mol. The van der Waals surface area contributed by atoms with Gasteiger partial charge in [-0.05, 0) is 56.6 Å². The molecule has 5 heterocycles. The third kappa shape index (κ3) is 8.54. The molecule has 0 saturated carbocycles. The molecule has 2 amide bonds. The summed E-state index contributed by atoms with van der Waals surface area (Å²) in [6, 6.07) is 8.36. The summed E-state index contributed by atoms with van der Waals surface area (Å²) in [6.45, 7) is 12.0. The molecule has 56 heavy (non-hydrogen) atoms. The molecular weight excluding hydrogens is 740 g/mol. The predicted octanol–water partition coefficient (Wildman–Crippen LogP) is 5.15. The highest BCUT2D eigenvalue weighted by Crippen LogP contribution is 2.33. The lowest BCUT2D eigenvalue weighted by Gasteiger charge is -2.47. The number of quaternary nitrogens is 1. The normalized spacial score (nSPS) is 18.3. The number of hydrogen-bond acceptors (Lipinski definition) is 7. The van der Waals surface area contributed by atoms with Gasteiger partial charge in [-0.2, -0.15) is 5.10 Å². The van der Waals surface area contributed by atoms with Crippen molar-refractivity contribution in [2.24, 2.45) is 18.9 Å². The van der Waals surface area contributed by atoms with Crippen LogP contribution in [-0.4, -0.2) is 137 Å². The van der Waals surface area contributed by atoms with Gasteiger partial charge >= 0.3 is 0 Å². The van der Waals surface area contributed by atoms with E-state index in [1.807, 2.05) is 11.0 Å². The number of methoxy groups -OCH3 is 1. The number of rotatable bonds is 12. The second kappa shape index (κ2) is 16.7. The Bertz CT molecular complexity index is 2060. The Morgan fingerprint density at radius 3 is 2.32 bits per heavy atom. The Kier molecular flexibility index (Phi) is 11.9. The fourth-order valence-electron chi connectivity index (χ4n) is 8.69. The van der Waals surface area contributed by atoms with Crippen LogP contribution in [0.25, 0.3) is 22.4 Å². The summed E-state index contributed by atoms with van der Waals surface area (Å²) in [7, 11) is 7.75. The van der Waals surface area contributed by atoms with E-state index in [-0.39, 0.29) is 28.6 Å². The van der Waals surface area contributed by atoms with Crippen LogP contribution in [0.5, 0.6) is 0 Å². The number of carbonyl (C=O) groups is 2. The Balaban J connectivity index is 0.906. The quantitative estimate of drug-likeness (QED) is 0.198. The van der Waals surface area contributed by atoms with Gasteiger partial charge in [-0.15, -0.1) is 0 Å². The number of likely N-dealkylation sites (tertiary alicyclic amines) is 2. The van der Waals surface area contributed by atoms with Crippen molar-refractivity contribution in [1.82, 2.24) is 34.0 Å².